The SMILES string of the molecule is CC(C)CCN(C(=O)N1C2CCC1C(C(=O)O)C2)C1CC1. The second kappa shape index (κ2) is 5.50. The largest absolute Gasteiger partial charge is 0.481 e. The van der Waals surface area contributed by atoms with Crippen molar-refractivity contribution in [3.8, 4) is 0 Å². The van der Waals surface area contributed by atoms with Crippen LogP contribution in [0.4, 0.5) is 4.79 Å². The zero-order chi connectivity index (χ0) is 15.1. The van der Waals surface area contributed by atoms with Crippen molar-refractivity contribution < 1.29 is 14.7 Å². The van der Waals surface area contributed by atoms with E-state index in [0.717, 1.165) is 38.6 Å². The molecule has 3 fully saturated rings. The zero-order valence-electron chi connectivity index (χ0n) is 13.0. The van der Waals surface area contributed by atoms with E-state index in [4.69, 9.17) is 0 Å². The zero-order valence-corrected chi connectivity index (χ0v) is 13.0. The predicted molar refractivity (Wildman–Crippen MR) is 79.0 cm³/mol. The molecule has 1 N–H and O–H groups in total. The van der Waals surface area contributed by atoms with Gasteiger partial charge in [-0.3, -0.25) is 4.79 Å². The van der Waals surface area contributed by atoms with Gasteiger partial charge < -0.3 is 14.9 Å². The third-order valence-corrected chi connectivity index (χ3v) is 5.26. The van der Waals surface area contributed by atoms with Crippen molar-refractivity contribution in [3.63, 3.8) is 0 Å². The number of hydrogen-bond donors (Lipinski definition) is 1. The van der Waals surface area contributed by atoms with Crippen molar-refractivity contribution in [1.82, 2.24) is 9.80 Å². The number of rotatable bonds is 5. The molecule has 3 atom stereocenters. The van der Waals surface area contributed by atoms with Crippen LogP contribution in [0.3, 0.4) is 0 Å². The monoisotopic (exact) mass is 294 g/mol. The van der Waals surface area contributed by atoms with Gasteiger partial charge in [-0.1, -0.05) is 13.8 Å². The van der Waals surface area contributed by atoms with E-state index in [2.05, 4.69) is 13.8 Å². The number of carboxylic acids is 1. The van der Waals surface area contributed by atoms with Gasteiger partial charge in [0.1, 0.15) is 0 Å². The van der Waals surface area contributed by atoms with Gasteiger partial charge in [0.15, 0.2) is 0 Å². The molecule has 5 heteroatoms. The van der Waals surface area contributed by atoms with Crippen LogP contribution >= 0.6 is 0 Å². The molecule has 0 aromatic rings. The lowest BCUT2D eigenvalue weighted by molar-refractivity contribution is -0.142. The minimum Gasteiger partial charge on any atom is -0.481 e. The highest BCUT2D eigenvalue weighted by molar-refractivity contribution is 5.80. The fourth-order valence-electron chi connectivity index (χ4n) is 3.92. The summed E-state index contributed by atoms with van der Waals surface area (Å²) >= 11 is 0. The van der Waals surface area contributed by atoms with Crippen LogP contribution in [-0.2, 0) is 4.79 Å². The van der Waals surface area contributed by atoms with E-state index in [1.807, 2.05) is 9.80 Å². The van der Waals surface area contributed by atoms with Gasteiger partial charge in [0, 0.05) is 24.7 Å². The topological polar surface area (TPSA) is 60.9 Å². The van der Waals surface area contributed by atoms with Gasteiger partial charge in [-0.25, -0.2) is 4.79 Å². The van der Waals surface area contributed by atoms with Crippen molar-refractivity contribution in [3.05, 3.63) is 0 Å². The Morgan fingerprint density at radius 1 is 1.24 bits per heavy atom. The second-order valence-corrected chi connectivity index (χ2v) is 7.28. The summed E-state index contributed by atoms with van der Waals surface area (Å²) in [6.45, 7) is 5.17. The molecule has 2 heterocycles. The molecule has 3 aliphatic rings. The molecule has 2 saturated heterocycles. The first kappa shape index (κ1) is 14.7. The first-order valence-corrected chi connectivity index (χ1v) is 8.30. The number of aliphatic carboxylic acids is 1. The predicted octanol–water partition coefficient (Wildman–Crippen LogP) is 2.55. The Hall–Kier alpha value is -1.26. The average molecular weight is 294 g/mol. The summed E-state index contributed by atoms with van der Waals surface area (Å²) in [4.78, 5) is 28.2. The molecular formula is C16H26N2O3. The maximum absolute atomic E-state index is 12.9. The van der Waals surface area contributed by atoms with Gasteiger partial charge in [-0.15, -0.1) is 0 Å². The van der Waals surface area contributed by atoms with Crippen LogP contribution in [0, 0.1) is 11.8 Å². The Labute approximate surface area is 126 Å². The van der Waals surface area contributed by atoms with Gasteiger partial charge in [-0.05, 0) is 44.4 Å². The Kier molecular flexibility index (Phi) is 3.84. The first-order valence-electron chi connectivity index (χ1n) is 8.30. The van der Waals surface area contributed by atoms with Crippen LogP contribution in [0.15, 0.2) is 0 Å². The molecule has 2 bridgehead atoms. The third-order valence-electron chi connectivity index (χ3n) is 5.26. The number of carbonyl (C=O) groups excluding carboxylic acids is 1. The highest BCUT2D eigenvalue weighted by atomic mass is 16.4. The van der Waals surface area contributed by atoms with E-state index < -0.39 is 5.97 Å². The minimum absolute atomic E-state index is 0.0692. The lowest BCUT2D eigenvalue weighted by Gasteiger charge is -2.32. The number of amides is 2. The number of carbonyl (C=O) groups is 2. The molecule has 1 aliphatic carbocycles. The third kappa shape index (κ3) is 2.74. The van der Waals surface area contributed by atoms with Crippen LogP contribution in [0.2, 0.25) is 0 Å². The average Bonchev–Trinajstić information content (AvgIpc) is 3.09. The smallest absolute Gasteiger partial charge is 0.320 e. The second-order valence-electron chi connectivity index (χ2n) is 7.28. The van der Waals surface area contributed by atoms with E-state index >= 15 is 0 Å². The van der Waals surface area contributed by atoms with Crippen molar-refractivity contribution in [1.29, 1.82) is 0 Å². The molecule has 2 amide bonds. The van der Waals surface area contributed by atoms with Crippen LogP contribution in [-0.4, -0.2) is 51.6 Å². The Morgan fingerprint density at radius 2 is 1.95 bits per heavy atom. The van der Waals surface area contributed by atoms with Crippen LogP contribution in [0.25, 0.3) is 0 Å². The van der Waals surface area contributed by atoms with Crippen LogP contribution in [0.1, 0.15) is 52.4 Å². The Balaban J connectivity index is 1.70. The number of fused-ring (bicyclic) bond motifs is 2. The van der Waals surface area contributed by atoms with Crippen molar-refractivity contribution >= 4 is 12.0 Å². The van der Waals surface area contributed by atoms with E-state index in [0.29, 0.717) is 18.4 Å². The molecule has 0 aromatic heterocycles. The molecule has 118 valence electrons. The van der Waals surface area contributed by atoms with Gasteiger partial charge >= 0.3 is 12.0 Å². The summed E-state index contributed by atoms with van der Waals surface area (Å²) in [6.07, 6.45) is 5.71. The van der Waals surface area contributed by atoms with Crippen molar-refractivity contribution in [2.45, 2.75) is 70.5 Å². The molecule has 0 radical (unpaired) electrons. The molecule has 1 saturated carbocycles. The molecule has 5 nitrogen and oxygen atoms in total. The fourth-order valence-corrected chi connectivity index (χ4v) is 3.92. The standard InChI is InChI=1S/C16H26N2O3/c1-10(2)7-8-17(11-3-4-11)16(21)18-12-5-6-14(18)13(9-12)15(19)20/h10-14H,3-9H2,1-2H3,(H,19,20). The lowest BCUT2D eigenvalue weighted by Crippen LogP contribution is -2.48. The maximum Gasteiger partial charge on any atom is 0.320 e. The number of carboxylic acid groups (broad SMARTS) is 1. The molecule has 3 unspecified atom stereocenters. The Morgan fingerprint density at radius 3 is 2.48 bits per heavy atom. The number of hydrogen-bond acceptors (Lipinski definition) is 2. The van der Waals surface area contributed by atoms with Crippen LogP contribution in [0.5, 0.6) is 0 Å². The molecular weight excluding hydrogens is 268 g/mol. The first-order chi connectivity index (χ1) is 9.99. The van der Waals surface area contributed by atoms with E-state index in [-0.39, 0.29) is 24.0 Å². The molecule has 21 heavy (non-hydrogen) atoms. The number of nitrogens with zero attached hydrogens (tertiary/aromatic N) is 2. The Bertz CT molecular complexity index is 433. The highest BCUT2D eigenvalue weighted by Gasteiger charge is 2.53. The summed E-state index contributed by atoms with van der Waals surface area (Å²) in [6, 6.07) is 0.595. The summed E-state index contributed by atoms with van der Waals surface area (Å²) in [5.74, 6) is -0.500. The quantitative estimate of drug-likeness (QED) is 0.847. The highest BCUT2D eigenvalue weighted by Crippen LogP contribution is 2.43. The maximum atomic E-state index is 12.9. The van der Waals surface area contributed by atoms with E-state index in [9.17, 15) is 14.7 Å². The van der Waals surface area contributed by atoms with Gasteiger partial charge in [0.2, 0.25) is 0 Å². The van der Waals surface area contributed by atoms with Crippen molar-refractivity contribution in [2.75, 3.05) is 6.54 Å². The fraction of sp³-hybridized carbons (Fsp3) is 0.875. The molecule has 0 spiro atoms. The van der Waals surface area contributed by atoms with Crippen LogP contribution < -0.4 is 0 Å². The lowest BCUT2D eigenvalue weighted by atomic mass is 9.89. The van der Waals surface area contributed by atoms with Gasteiger partial charge in [0.25, 0.3) is 0 Å². The van der Waals surface area contributed by atoms with Crippen molar-refractivity contribution in [2.24, 2.45) is 11.8 Å². The molecule has 2 aliphatic heterocycles. The minimum atomic E-state index is -0.736. The molecule has 3 rings (SSSR count). The van der Waals surface area contributed by atoms with E-state index in [1.165, 1.54) is 0 Å². The summed E-state index contributed by atoms with van der Waals surface area (Å²) in [7, 11) is 0. The summed E-state index contributed by atoms with van der Waals surface area (Å²) in [5.41, 5.74) is 0. The van der Waals surface area contributed by atoms with Gasteiger partial charge in [-0.2, -0.15) is 0 Å². The van der Waals surface area contributed by atoms with E-state index in [1.54, 1.807) is 0 Å². The van der Waals surface area contributed by atoms with Gasteiger partial charge in [0.05, 0.1) is 5.92 Å². The normalized spacial score (nSPS) is 31.0. The summed E-state index contributed by atoms with van der Waals surface area (Å²) < 4.78 is 0. The molecule has 0 aromatic carbocycles. The number of urea groups is 1. The summed E-state index contributed by atoms with van der Waals surface area (Å²) in [5, 5.41) is 9.32.